The van der Waals surface area contributed by atoms with Crippen LogP contribution in [-0.2, 0) is 12.0 Å². The third-order valence-corrected chi connectivity index (χ3v) is 3.10. The Balaban J connectivity index is 2.31. The normalized spacial score (nSPS) is 14.1. The number of hydrogen-bond donors (Lipinski definition) is 2. The molecule has 4 heteroatoms. The number of nitrogen functional groups attached to an aromatic ring is 1. The molecule has 3 nitrogen and oxygen atoms in total. The molecule has 0 bridgehead atoms. The van der Waals surface area contributed by atoms with Gasteiger partial charge in [0.1, 0.15) is 11.6 Å². The van der Waals surface area contributed by atoms with Gasteiger partial charge in [0.2, 0.25) is 0 Å². The number of pyridine rings is 1. The Kier molecular flexibility index (Phi) is 3.53. The van der Waals surface area contributed by atoms with Crippen molar-refractivity contribution in [2.45, 2.75) is 25.9 Å². The predicted octanol–water partition coefficient (Wildman–Crippen LogP) is 2.56. The Morgan fingerprint density at radius 1 is 1.32 bits per heavy atom. The molecule has 2 aromatic rings. The molecule has 1 heterocycles. The van der Waals surface area contributed by atoms with Crippen molar-refractivity contribution in [3.63, 3.8) is 0 Å². The highest BCUT2D eigenvalue weighted by molar-refractivity contribution is 5.45. The number of rotatable bonds is 3. The second-order valence-electron chi connectivity index (χ2n) is 5.02. The standard InChI is InChI=1S/C15H17FN2O/c1-10-7-13(14(17)18-9-10)15(2,19)8-11-3-5-12(16)6-4-11/h3-7,9,19H,8H2,1-2H3,(H2,17,18). The van der Waals surface area contributed by atoms with Gasteiger partial charge in [0.15, 0.2) is 0 Å². The molecule has 100 valence electrons. The highest BCUT2D eigenvalue weighted by Crippen LogP contribution is 2.29. The van der Waals surface area contributed by atoms with Crippen molar-refractivity contribution >= 4 is 5.82 Å². The van der Waals surface area contributed by atoms with Gasteiger partial charge < -0.3 is 10.8 Å². The summed E-state index contributed by atoms with van der Waals surface area (Å²) >= 11 is 0. The second kappa shape index (κ2) is 4.97. The Morgan fingerprint density at radius 3 is 2.58 bits per heavy atom. The summed E-state index contributed by atoms with van der Waals surface area (Å²) in [5, 5.41) is 10.6. The molecular weight excluding hydrogens is 243 g/mol. The highest BCUT2D eigenvalue weighted by atomic mass is 19.1. The minimum atomic E-state index is -1.14. The fourth-order valence-electron chi connectivity index (χ4n) is 2.11. The second-order valence-corrected chi connectivity index (χ2v) is 5.02. The van der Waals surface area contributed by atoms with Gasteiger partial charge in [-0.25, -0.2) is 9.37 Å². The molecule has 0 saturated heterocycles. The molecule has 1 unspecified atom stereocenters. The zero-order chi connectivity index (χ0) is 14.0. The Morgan fingerprint density at radius 2 is 1.95 bits per heavy atom. The summed E-state index contributed by atoms with van der Waals surface area (Å²) in [6, 6.07) is 7.89. The molecule has 0 aliphatic rings. The largest absolute Gasteiger partial charge is 0.385 e. The van der Waals surface area contributed by atoms with Crippen LogP contribution >= 0.6 is 0 Å². The van der Waals surface area contributed by atoms with E-state index < -0.39 is 5.60 Å². The third kappa shape index (κ3) is 3.09. The van der Waals surface area contributed by atoms with E-state index in [1.165, 1.54) is 12.1 Å². The van der Waals surface area contributed by atoms with Crippen LogP contribution < -0.4 is 5.73 Å². The molecule has 0 radical (unpaired) electrons. The lowest BCUT2D eigenvalue weighted by Gasteiger charge is -2.25. The first-order chi connectivity index (χ1) is 8.88. The average Bonchev–Trinajstić information content (AvgIpc) is 2.35. The van der Waals surface area contributed by atoms with Gasteiger partial charge in [0.05, 0.1) is 5.60 Å². The lowest BCUT2D eigenvalue weighted by Crippen LogP contribution is -2.26. The van der Waals surface area contributed by atoms with Crippen molar-refractivity contribution in [3.05, 3.63) is 59.0 Å². The monoisotopic (exact) mass is 260 g/mol. The first kappa shape index (κ1) is 13.5. The van der Waals surface area contributed by atoms with Crippen LogP contribution in [0.15, 0.2) is 36.5 Å². The minimum Gasteiger partial charge on any atom is -0.385 e. The number of hydrogen-bond acceptors (Lipinski definition) is 3. The first-order valence-electron chi connectivity index (χ1n) is 6.08. The molecule has 0 amide bonds. The number of aromatic nitrogens is 1. The predicted molar refractivity (Wildman–Crippen MR) is 73.1 cm³/mol. The SMILES string of the molecule is Cc1cnc(N)c(C(C)(O)Cc2ccc(F)cc2)c1. The summed E-state index contributed by atoms with van der Waals surface area (Å²) in [7, 11) is 0. The van der Waals surface area contributed by atoms with Gasteiger partial charge in [-0.15, -0.1) is 0 Å². The van der Waals surface area contributed by atoms with Gasteiger partial charge in [-0.05, 0) is 43.2 Å². The molecule has 0 saturated carbocycles. The summed E-state index contributed by atoms with van der Waals surface area (Å²) in [4.78, 5) is 4.06. The number of halogens is 1. The number of benzene rings is 1. The fourth-order valence-corrected chi connectivity index (χ4v) is 2.11. The van der Waals surface area contributed by atoms with Gasteiger partial charge in [0, 0.05) is 18.2 Å². The van der Waals surface area contributed by atoms with Gasteiger partial charge >= 0.3 is 0 Å². The number of aryl methyl sites for hydroxylation is 1. The van der Waals surface area contributed by atoms with Crippen LogP contribution in [0, 0.1) is 12.7 Å². The maximum Gasteiger partial charge on any atom is 0.129 e. The van der Waals surface area contributed by atoms with Crippen molar-refractivity contribution in [3.8, 4) is 0 Å². The molecule has 0 aliphatic carbocycles. The van der Waals surface area contributed by atoms with Crippen LogP contribution in [0.3, 0.4) is 0 Å². The molecule has 2 rings (SSSR count). The van der Waals surface area contributed by atoms with Crippen LogP contribution in [0.25, 0.3) is 0 Å². The maximum absolute atomic E-state index is 12.9. The van der Waals surface area contributed by atoms with E-state index in [0.29, 0.717) is 17.8 Å². The van der Waals surface area contributed by atoms with E-state index in [9.17, 15) is 9.50 Å². The topological polar surface area (TPSA) is 59.1 Å². The van der Waals surface area contributed by atoms with Gasteiger partial charge in [-0.1, -0.05) is 12.1 Å². The van der Waals surface area contributed by atoms with E-state index in [2.05, 4.69) is 4.98 Å². The quantitative estimate of drug-likeness (QED) is 0.891. The van der Waals surface area contributed by atoms with Gasteiger partial charge in [-0.3, -0.25) is 0 Å². The Labute approximate surface area is 111 Å². The van der Waals surface area contributed by atoms with E-state index >= 15 is 0 Å². The highest BCUT2D eigenvalue weighted by Gasteiger charge is 2.26. The number of anilines is 1. The van der Waals surface area contributed by atoms with E-state index in [1.807, 2.05) is 13.0 Å². The van der Waals surface area contributed by atoms with Crippen molar-refractivity contribution in [1.82, 2.24) is 4.98 Å². The molecule has 19 heavy (non-hydrogen) atoms. The summed E-state index contributed by atoms with van der Waals surface area (Å²) in [5.74, 6) is 0.0258. The lowest BCUT2D eigenvalue weighted by molar-refractivity contribution is 0.0580. The van der Waals surface area contributed by atoms with E-state index in [0.717, 1.165) is 11.1 Å². The molecule has 1 aromatic carbocycles. The summed E-state index contributed by atoms with van der Waals surface area (Å²) in [5.41, 5.74) is 7.05. The van der Waals surface area contributed by atoms with Gasteiger partial charge in [0.25, 0.3) is 0 Å². The van der Waals surface area contributed by atoms with E-state index in [1.54, 1.807) is 25.3 Å². The third-order valence-electron chi connectivity index (χ3n) is 3.10. The molecule has 3 N–H and O–H groups in total. The molecule has 0 fully saturated rings. The average molecular weight is 260 g/mol. The zero-order valence-corrected chi connectivity index (χ0v) is 11.0. The minimum absolute atomic E-state index is 0.292. The smallest absolute Gasteiger partial charge is 0.129 e. The van der Waals surface area contributed by atoms with Crippen molar-refractivity contribution < 1.29 is 9.50 Å². The Hall–Kier alpha value is -1.94. The van der Waals surface area contributed by atoms with E-state index in [-0.39, 0.29) is 5.82 Å². The Bertz CT molecular complexity index is 579. The van der Waals surface area contributed by atoms with Crippen molar-refractivity contribution in [2.24, 2.45) is 0 Å². The van der Waals surface area contributed by atoms with Crippen LogP contribution in [0.5, 0.6) is 0 Å². The molecule has 1 atom stereocenters. The van der Waals surface area contributed by atoms with Crippen molar-refractivity contribution in [2.75, 3.05) is 5.73 Å². The van der Waals surface area contributed by atoms with Crippen LogP contribution in [0.4, 0.5) is 10.2 Å². The molecule has 0 spiro atoms. The summed E-state index contributed by atoms with van der Waals surface area (Å²) < 4.78 is 12.9. The van der Waals surface area contributed by atoms with Crippen LogP contribution in [0.1, 0.15) is 23.6 Å². The van der Waals surface area contributed by atoms with E-state index in [4.69, 9.17) is 5.73 Å². The van der Waals surface area contributed by atoms with Crippen LogP contribution in [0.2, 0.25) is 0 Å². The molecule has 1 aromatic heterocycles. The summed E-state index contributed by atoms with van der Waals surface area (Å²) in [6.07, 6.45) is 2.01. The number of nitrogens with two attached hydrogens (primary N) is 1. The first-order valence-corrected chi connectivity index (χ1v) is 6.08. The fraction of sp³-hybridized carbons (Fsp3) is 0.267. The lowest BCUT2D eigenvalue weighted by atomic mass is 9.89. The van der Waals surface area contributed by atoms with Crippen molar-refractivity contribution in [1.29, 1.82) is 0 Å². The maximum atomic E-state index is 12.9. The summed E-state index contributed by atoms with van der Waals surface area (Å²) in [6.45, 7) is 3.58. The number of nitrogens with zero attached hydrogens (tertiary/aromatic N) is 1. The number of aliphatic hydroxyl groups is 1. The molecular formula is C15H17FN2O. The zero-order valence-electron chi connectivity index (χ0n) is 11.0. The van der Waals surface area contributed by atoms with Gasteiger partial charge in [-0.2, -0.15) is 0 Å². The molecule has 0 aliphatic heterocycles. The van der Waals surface area contributed by atoms with Crippen LogP contribution in [-0.4, -0.2) is 10.1 Å².